The van der Waals surface area contributed by atoms with Gasteiger partial charge >= 0.3 is 5.97 Å². The zero-order valence-corrected chi connectivity index (χ0v) is 16.9. The van der Waals surface area contributed by atoms with Crippen LogP contribution in [0, 0.1) is 5.92 Å². The molecule has 1 heterocycles. The van der Waals surface area contributed by atoms with Crippen molar-refractivity contribution < 1.29 is 14.3 Å². The van der Waals surface area contributed by atoms with Gasteiger partial charge in [0.1, 0.15) is 0 Å². The molecule has 2 N–H and O–H groups in total. The van der Waals surface area contributed by atoms with Gasteiger partial charge in [0.15, 0.2) is 5.96 Å². The van der Waals surface area contributed by atoms with E-state index in [4.69, 9.17) is 4.74 Å². The molecular weight excluding hydrogens is 356 g/mol. The van der Waals surface area contributed by atoms with Gasteiger partial charge in [-0.15, -0.1) is 0 Å². The normalized spacial score (nSPS) is 15.2. The Labute approximate surface area is 167 Å². The van der Waals surface area contributed by atoms with E-state index in [-0.39, 0.29) is 17.8 Å². The molecule has 7 nitrogen and oxygen atoms in total. The Kier molecular flexibility index (Phi) is 9.31. The molecule has 28 heavy (non-hydrogen) atoms. The van der Waals surface area contributed by atoms with E-state index in [1.165, 1.54) is 0 Å². The zero-order valence-electron chi connectivity index (χ0n) is 16.9. The van der Waals surface area contributed by atoms with Crippen LogP contribution < -0.4 is 10.6 Å². The van der Waals surface area contributed by atoms with Gasteiger partial charge in [-0.3, -0.25) is 14.6 Å². The second kappa shape index (κ2) is 12.0. The molecule has 0 unspecified atom stereocenters. The maximum absolute atomic E-state index is 12.0. The van der Waals surface area contributed by atoms with Gasteiger partial charge in [0.05, 0.1) is 19.1 Å². The Morgan fingerprint density at radius 2 is 1.86 bits per heavy atom. The number of piperidine rings is 1. The summed E-state index contributed by atoms with van der Waals surface area (Å²) >= 11 is 0. The number of aliphatic imine (C=N–C) groups is 1. The van der Waals surface area contributed by atoms with Gasteiger partial charge in [0.2, 0.25) is 5.91 Å². The van der Waals surface area contributed by atoms with Crippen LogP contribution >= 0.6 is 0 Å². The summed E-state index contributed by atoms with van der Waals surface area (Å²) in [7, 11) is 0. The third kappa shape index (κ3) is 7.21. The van der Waals surface area contributed by atoms with Crippen molar-refractivity contribution in [2.24, 2.45) is 10.9 Å². The minimum atomic E-state index is -0.0980. The average molecular weight is 389 g/mol. The molecule has 1 aliphatic heterocycles. The molecule has 2 rings (SSSR count). The highest BCUT2D eigenvalue weighted by atomic mass is 16.5. The minimum Gasteiger partial charge on any atom is -0.466 e. The third-order valence-electron chi connectivity index (χ3n) is 4.68. The van der Waals surface area contributed by atoms with Crippen LogP contribution in [-0.2, 0) is 20.9 Å². The van der Waals surface area contributed by atoms with Gasteiger partial charge in [-0.2, -0.15) is 0 Å². The van der Waals surface area contributed by atoms with E-state index < -0.39 is 0 Å². The number of guanidine groups is 1. The zero-order chi connectivity index (χ0) is 20.2. The summed E-state index contributed by atoms with van der Waals surface area (Å²) < 4.78 is 5.12. The number of ether oxygens (including phenoxy) is 1. The number of amides is 1. The number of nitrogens with one attached hydrogen (secondary N) is 2. The molecule has 7 heteroatoms. The Morgan fingerprint density at radius 1 is 1.14 bits per heavy atom. The van der Waals surface area contributed by atoms with Crippen molar-refractivity contribution in [1.29, 1.82) is 0 Å². The molecule has 0 saturated carbocycles. The molecule has 0 radical (unpaired) electrons. The van der Waals surface area contributed by atoms with Crippen LogP contribution in [0.1, 0.15) is 38.7 Å². The first-order chi connectivity index (χ1) is 13.6. The summed E-state index contributed by atoms with van der Waals surface area (Å²) in [4.78, 5) is 30.7. The number of rotatable bonds is 8. The second-order valence-corrected chi connectivity index (χ2v) is 6.76. The number of carbonyl (C=O) groups excluding carboxylic acids is 2. The van der Waals surface area contributed by atoms with Crippen molar-refractivity contribution >= 4 is 17.8 Å². The lowest BCUT2D eigenvalue weighted by atomic mass is 9.97. The number of likely N-dealkylation sites (tertiary alicyclic amines) is 1. The van der Waals surface area contributed by atoms with Crippen LogP contribution in [-0.4, -0.2) is 55.5 Å². The van der Waals surface area contributed by atoms with E-state index in [0.717, 1.165) is 44.0 Å². The molecule has 154 valence electrons. The van der Waals surface area contributed by atoms with Crippen molar-refractivity contribution in [2.45, 2.75) is 39.7 Å². The van der Waals surface area contributed by atoms with Crippen LogP contribution in [0.25, 0.3) is 0 Å². The Hall–Kier alpha value is -2.57. The van der Waals surface area contributed by atoms with Crippen LogP contribution in [0.4, 0.5) is 0 Å². The minimum absolute atomic E-state index is 0.00975. The van der Waals surface area contributed by atoms with Gasteiger partial charge in [-0.25, -0.2) is 0 Å². The first-order valence-electron chi connectivity index (χ1n) is 10.1. The fourth-order valence-electron chi connectivity index (χ4n) is 3.16. The number of benzene rings is 1. The van der Waals surface area contributed by atoms with Crippen LogP contribution in [0.3, 0.4) is 0 Å². The summed E-state index contributed by atoms with van der Waals surface area (Å²) in [6, 6.07) is 9.85. The van der Waals surface area contributed by atoms with Crippen molar-refractivity contribution in [3.8, 4) is 0 Å². The third-order valence-corrected chi connectivity index (χ3v) is 4.68. The van der Waals surface area contributed by atoms with Crippen LogP contribution in [0.15, 0.2) is 35.3 Å². The quantitative estimate of drug-likeness (QED) is 0.404. The van der Waals surface area contributed by atoms with Gasteiger partial charge in [0, 0.05) is 32.6 Å². The topological polar surface area (TPSA) is 83.0 Å². The van der Waals surface area contributed by atoms with E-state index in [9.17, 15) is 9.59 Å². The number of hydrogen-bond donors (Lipinski definition) is 2. The highest BCUT2D eigenvalue weighted by molar-refractivity contribution is 5.81. The van der Waals surface area contributed by atoms with Gasteiger partial charge in [-0.1, -0.05) is 30.3 Å². The van der Waals surface area contributed by atoms with Crippen LogP contribution in [0.2, 0.25) is 0 Å². The van der Waals surface area contributed by atoms with Crippen molar-refractivity contribution in [3.63, 3.8) is 0 Å². The summed E-state index contributed by atoms with van der Waals surface area (Å²) in [5, 5.41) is 6.20. The SMILES string of the molecule is CCNC(=NCCC(=O)NCc1ccccc1)N1CCC(C(=O)OCC)CC1. The molecule has 1 amide bonds. The molecule has 1 fully saturated rings. The van der Waals surface area contributed by atoms with Crippen LogP contribution in [0.5, 0.6) is 0 Å². The lowest BCUT2D eigenvalue weighted by molar-refractivity contribution is -0.149. The lowest BCUT2D eigenvalue weighted by Crippen LogP contribution is -2.46. The maximum Gasteiger partial charge on any atom is 0.309 e. The lowest BCUT2D eigenvalue weighted by Gasteiger charge is -2.33. The summed E-state index contributed by atoms with van der Waals surface area (Å²) in [6.45, 7) is 7.52. The molecular formula is C21H32N4O3. The standard InChI is InChI=1S/C21H32N4O3/c1-3-22-21(25-14-11-18(12-15-25)20(27)28-4-2)23-13-10-19(26)24-16-17-8-6-5-7-9-17/h5-9,18H,3-4,10-16H2,1-2H3,(H,22,23)(H,24,26). The number of carbonyl (C=O) groups is 2. The molecule has 0 aliphatic carbocycles. The molecule has 0 bridgehead atoms. The van der Waals surface area contributed by atoms with Crippen molar-refractivity contribution in [3.05, 3.63) is 35.9 Å². The molecule has 1 saturated heterocycles. The second-order valence-electron chi connectivity index (χ2n) is 6.76. The Bertz CT molecular complexity index is 640. The van der Waals surface area contributed by atoms with E-state index >= 15 is 0 Å². The van der Waals surface area contributed by atoms with Crippen molar-refractivity contribution in [1.82, 2.24) is 15.5 Å². The first kappa shape index (κ1) is 21.7. The fraction of sp³-hybridized carbons (Fsp3) is 0.571. The molecule has 1 aromatic rings. The Morgan fingerprint density at radius 3 is 2.50 bits per heavy atom. The average Bonchev–Trinajstić information content (AvgIpc) is 2.73. The number of hydrogen-bond acceptors (Lipinski definition) is 4. The largest absolute Gasteiger partial charge is 0.466 e. The van der Waals surface area contributed by atoms with E-state index in [1.54, 1.807) is 0 Å². The summed E-state index contributed by atoms with van der Waals surface area (Å²) in [5.74, 6) is 0.673. The smallest absolute Gasteiger partial charge is 0.309 e. The summed E-state index contributed by atoms with van der Waals surface area (Å²) in [6.07, 6.45) is 1.88. The van der Waals surface area contributed by atoms with Gasteiger partial charge < -0.3 is 20.3 Å². The highest BCUT2D eigenvalue weighted by Crippen LogP contribution is 2.18. The number of nitrogens with zero attached hydrogens (tertiary/aromatic N) is 2. The maximum atomic E-state index is 12.0. The first-order valence-corrected chi connectivity index (χ1v) is 10.1. The van der Waals surface area contributed by atoms with E-state index in [2.05, 4.69) is 20.5 Å². The molecule has 0 aromatic heterocycles. The predicted molar refractivity (Wildman–Crippen MR) is 110 cm³/mol. The van der Waals surface area contributed by atoms with E-state index in [0.29, 0.717) is 26.1 Å². The fourth-order valence-corrected chi connectivity index (χ4v) is 3.16. The Balaban J connectivity index is 1.77. The molecule has 0 atom stereocenters. The molecule has 1 aliphatic rings. The molecule has 0 spiro atoms. The van der Waals surface area contributed by atoms with E-state index in [1.807, 2.05) is 44.2 Å². The molecule has 1 aromatic carbocycles. The predicted octanol–water partition coefficient (Wildman–Crippen LogP) is 1.93. The van der Waals surface area contributed by atoms with Crippen molar-refractivity contribution in [2.75, 3.05) is 32.8 Å². The number of esters is 1. The monoisotopic (exact) mass is 388 g/mol. The van der Waals surface area contributed by atoms with Gasteiger partial charge in [0.25, 0.3) is 0 Å². The van der Waals surface area contributed by atoms with Gasteiger partial charge in [-0.05, 0) is 32.3 Å². The highest BCUT2D eigenvalue weighted by Gasteiger charge is 2.27. The summed E-state index contributed by atoms with van der Waals surface area (Å²) in [5.41, 5.74) is 1.08.